The molecule has 0 bridgehead atoms. The summed E-state index contributed by atoms with van der Waals surface area (Å²) >= 11 is 0. The van der Waals surface area contributed by atoms with Gasteiger partial charge in [-0.1, -0.05) is 0 Å². The van der Waals surface area contributed by atoms with E-state index in [0.717, 1.165) is 54.2 Å². The van der Waals surface area contributed by atoms with Crippen molar-refractivity contribution in [3.63, 3.8) is 0 Å². The summed E-state index contributed by atoms with van der Waals surface area (Å²) in [6.07, 6.45) is 3.73. The van der Waals surface area contributed by atoms with Crippen LogP contribution < -0.4 is 16.1 Å². The molecule has 2 aromatic rings. The smallest absolute Gasteiger partial charge is 0.339 e. The van der Waals surface area contributed by atoms with E-state index in [0.29, 0.717) is 24.4 Å². The fourth-order valence-corrected chi connectivity index (χ4v) is 4.21. The Morgan fingerprint density at radius 3 is 2.70 bits per heavy atom. The molecule has 2 N–H and O–H groups in total. The lowest BCUT2D eigenvalue weighted by Crippen LogP contribution is -2.47. The molecule has 2 aliphatic rings. The molecule has 2 heterocycles. The van der Waals surface area contributed by atoms with Crippen LogP contribution in [0.3, 0.4) is 0 Å². The Kier molecular flexibility index (Phi) is 4.68. The number of piperidine rings is 1. The highest BCUT2D eigenvalue weighted by Gasteiger charge is 2.27. The van der Waals surface area contributed by atoms with Gasteiger partial charge in [-0.25, -0.2) is 4.79 Å². The normalized spacial score (nSPS) is 18.6. The molecule has 6 nitrogen and oxygen atoms in total. The molecule has 1 aliphatic heterocycles. The quantitative estimate of drug-likeness (QED) is 0.838. The fourth-order valence-electron chi connectivity index (χ4n) is 4.21. The molecule has 1 aromatic heterocycles. The van der Waals surface area contributed by atoms with Crippen LogP contribution in [0.1, 0.15) is 42.9 Å². The van der Waals surface area contributed by atoms with Crippen molar-refractivity contribution in [2.45, 2.75) is 58.1 Å². The third kappa shape index (κ3) is 3.23. The first-order valence-corrected chi connectivity index (χ1v) is 9.75. The molecule has 1 fully saturated rings. The number of fused-ring (bicyclic) bond motifs is 3. The molecule has 0 saturated carbocycles. The van der Waals surface area contributed by atoms with Gasteiger partial charge in [0.2, 0.25) is 0 Å². The number of hydrogen-bond acceptors (Lipinski definition) is 5. The molecule has 4 rings (SSSR count). The van der Waals surface area contributed by atoms with Gasteiger partial charge in [0.25, 0.3) is 5.91 Å². The predicted molar refractivity (Wildman–Crippen MR) is 103 cm³/mol. The summed E-state index contributed by atoms with van der Waals surface area (Å²) in [6, 6.07) is 4.01. The summed E-state index contributed by atoms with van der Waals surface area (Å²) in [7, 11) is 0. The van der Waals surface area contributed by atoms with Crippen molar-refractivity contribution in [2.75, 3.05) is 13.1 Å². The predicted octanol–water partition coefficient (Wildman–Crippen LogP) is 2.31. The number of carbonyl (C=O) groups excluding carboxylic acids is 1. The SMILES string of the molecule is Cc1c(OC(C)C(=O)N2CCC(N)CC2)ccc2c3c(c(=O)oc12)CCC3. The van der Waals surface area contributed by atoms with Gasteiger partial charge in [-0.2, -0.15) is 0 Å². The minimum Gasteiger partial charge on any atom is -0.480 e. The van der Waals surface area contributed by atoms with E-state index >= 15 is 0 Å². The maximum atomic E-state index is 12.7. The summed E-state index contributed by atoms with van der Waals surface area (Å²) in [5.74, 6) is 0.551. The third-order valence-corrected chi connectivity index (χ3v) is 5.84. The second kappa shape index (κ2) is 7.00. The zero-order valence-electron chi connectivity index (χ0n) is 15.9. The Labute approximate surface area is 158 Å². The first-order valence-electron chi connectivity index (χ1n) is 9.75. The van der Waals surface area contributed by atoms with Crippen molar-refractivity contribution in [2.24, 2.45) is 5.73 Å². The van der Waals surface area contributed by atoms with Crippen LogP contribution in [0.2, 0.25) is 0 Å². The van der Waals surface area contributed by atoms with E-state index in [1.165, 1.54) is 0 Å². The molecular formula is C21H26N2O4. The Bertz CT molecular complexity index is 941. The van der Waals surface area contributed by atoms with E-state index in [-0.39, 0.29) is 17.6 Å². The van der Waals surface area contributed by atoms with Gasteiger partial charge in [0.1, 0.15) is 11.3 Å². The number of hydrogen-bond donors (Lipinski definition) is 1. The molecule has 144 valence electrons. The van der Waals surface area contributed by atoms with Crippen LogP contribution in [0.4, 0.5) is 0 Å². The third-order valence-electron chi connectivity index (χ3n) is 5.84. The summed E-state index contributed by atoms with van der Waals surface area (Å²) in [5, 5.41) is 0.982. The topological polar surface area (TPSA) is 85.8 Å². The largest absolute Gasteiger partial charge is 0.480 e. The molecular weight excluding hydrogens is 344 g/mol. The summed E-state index contributed by atoms with van der Waals surface area (Å²) < 4.78 is 11.6. The number of carbonyl (C=O) groups is 1. The lowest BCUT2D eigenvalue weighted by atomic mass is 10.0. The number of nitrogens with zero attached hydrogens (tertiary/aromatic N) is 1. The van der Waals surface area contributed by atoms with E-state index in [9.17, 15) is 9.59 Å². The van der Waals surface area contributed by atoms with Crippen molar-refractivity contribution in [3.8, 4) is 5.75 Å². The molecule has 1 unspecified atom stereocenters. The van der Waals surface area contributed by atoms with Gasteiger partial charge in [-0.3, -0.25) is 4.79 Å². The zero-order chi connectivity index (χ0) is 19.1. The zero-order valence-corrected chi connectivity index (χ0v) is 15.9. The second-order valence-corrected chi connectivity index (χ2v) is 7.69. The second-order valence-electron chi connectivity index (χ2n) is 7.69. The first kappa shape index (κ1) is 18.0. The van der Waals surface area contributed by atoms with Gasteiger partial charge < -0.3 is 19.8 Å². The van der Waals surface area contributed by atoms with Gasteiger partial charge in [-0.15, -0.1) is 0 Å². The van der Waals surface area contributed by atoms with Gasteiger partial charge in [0.15, 0.2) is 6.10 Å². The summed E-state index contributed by atoms with van der Waals surface area (Å²) in [6.45, 7) is 4.98. The summed E-state index contributed by atoms with van der Waals surface area (Å²) in [4.78, 5) is 26.8. The van der Waals surface area contributed by atoms with E-state index in [4.69, 9.17) is 14.9 Å². The Balaban J connectivity index is 1.59. The number of benzene rings is 1. The number of aryl methyl sites for hydroxylation is 2. The van der Waals surface area contributed by atoms with Gasteiger partial charge in [0.05, 0.1) is 0 Å². The molecule has 1 aromatic carbocycles. The Morgan fingerprint density at radius 2 is 1.96 bits per heavy atom. The van der Waals surface area contributed by atoms with Crippen LogP contribution in [-0.2, 0) is 17.6 Å². The first-order chi connectivity index (χ1) is 13.0. The highest BCUT2D eigenvalue weighted by Crippen LogP contribution is 2.33. The number of nitrogens with two attached hydrogens (primary N) is 1. The average molecular weight is 370 g/mol. The lowest BCUT2D eigenvalue weighted by molar-refractivity contribution is -0.139. The number of rotatable bonds is 3. The van der Waals surface area contributed by atoms with Gasteiger partial charge >= 0.3 is 5.63 Å². The van der Waals surface area contributed by atoms with E-state index < -0.39 is 6.10 Å². The monoisotopic (exact) mass is 370 g/mol. The molecule has 1 aliphatic carbocycles. The van der Waals surface area contributed by atoms with Crippen LogP contribution in [0.25, 0.3) is 11.0 Å². The highest BCUT2D eigenvalue weighted by atomic mass is 16.5. The lowest BCUT2D eigenvalue weighted by Gasteiger charge is -2.32. The van der Waals surface area contributed by atoms with E-state index in [1.54, 1.807) is 6.92 Å². The molecule has 0 radical (unpaired) electrons. The van der Waals surface area contributed by atoms with Gasteiger partial charge in [0, 0.05) is 35.6 Å². The molecule has 1 amide bonds. The van der Waals surface area contributed by atoms with Gasteiger partial charge in [-0.05, 0) is 63.6 Å². The maximum Gasteiger partial charge on any atom is 0.339 e. The standard InChI is InChI=1S/C21H26N2O4/c1-12-18(26-13(2)20(24)23-10-8-14(22)9-11-23)7-6-16-15-4-3-5-17(15)21(25)27-19(12)16/h6-7,13-14H,3-5,8-11,22H2,1-2H3. The number of ether oxygens (including phenoxy) is 1. The van der Waals surface area contributed by atoms with Crippen LogP contribution in [-0.4, -0.2) is 36.0 Å². The summed E-state index contributed by atoms with van der Waals surface area (Å²) in [5.41, 5.74) is 8.91. The van der Waals surface area contributed by atoms with Crippen molar-refractivity contribution in [3.05, 3.63) is 39.2 Å². The molecule has 6 heteroatoms. The minimum absolute atomic E-state index is 0.0307. The molecule has 1 atom stereocenters. The minimum atomic E-state index is -0.600. The maximum absolute atomic E-state index is 12.7. The number of amides is 1. The van der Waals surface area contributed by atoms with Crippen molar-refractivity contribution < 1.29 is 13.9 Å². The van der Waals surface area contributed by atoms with Crippen LogP contribution in [0.5, 0.6) is 5.75 Å². The highest BCUT2D eigenvalue weighted by molar-refractivity contribution is 5.86. The van der Waals surface area contributed by atoms with Crippen molar-refractivity contribution in [1.29, 1.82) is 0 Å². The Morgan fingerprint density at radius 1 is 1.26 bits per heavy atom. The molecule has 27 heavy (non-hydrogen) atoms. The van der Waals surface area contributed by atoms with Crippen molar-refractivity contribution >= 4 is 16.9 Å². The van der Waals surface area contributed by atoms with E-state index in [2.05, 4.69) is 0 Å². The number of likely N-dealkylation sites (tertiary alicyclic amines) is 1. The average Bonchev–Trinajstić information content (AvgIpc) is 3.15. The van der Waals surface area contributed by atoms with E-state index in [1.807, 2.05) is 24.0 Å². The fraction of sp³-hybridized carbons (Fsp3) is 0.524. The van der Waals surface area contributed by atoms with Crippen LogP contribution in [0.15, 0.2) is 21.3 Å². The van der Waals surface area contributed by atoms with Crippen LogP contribution in [0, 0.1) is 6.92 Å². The van der Waals surface area contributed by atoms with Crippen molar-refractivity contribution in [1.82, 2.24) is 4.90 Å². The molecule has 0 spiro atoms. The Hall–Kier alpha value is -2.34. The van der Waals surface area contributed by atoms with Crippen LogP contribution >= 0.6 is 0 Å². The molecule has 1 saturated heterocycles.